The molecule has 0 bridgehead atoms. The Morgan fingerprint density at radius 3 is 3.21 bits per heavy atom. The van der Waals surface area contributed by atoms with Crippen LogP contribution < -0.4 is 0 Å². The van der Waals surface area contributed by atoms with Crippen LogP contribution in [0.5, 0.6) is 0 Å². The number of thiophene rings is 1. The Bertz CT molecular complexity index is 569. The maximum absolute atomic E-state index is 11.6. The van der Waals surface area contributed by atoms with Crippen LogP contribution >= 0.6 is 23.1 Å². The number of hydrogen-bond acceptors (Lipinski definition) is 7. The van der Waals surface area contributed by atoms with Gasteiger partial charge in [0.15, 0.2) is 0 Å². The Morgan fingerprint density at radius 1 is 1.63 bits per heavy atom. The second kappa shape index (κ2) is 5.30. The lowest BCUT2D eigenvalue weighted by molar-refractivity contribution is -0.140. The smallest absolute Gasteiger partial charge is 0.319 e. The summed E-state index contributed by atoms with van der Waals surface area (Å²) in [4.78, 5) is 12.8. The number of esters is 1. The summed E-state index contributed by atoms with van der Waals surface area (Å²) in [5, 5.41) is 14.1. The van der Waals surface area contributed by atoms with Crippen LogP contribution in [0, 0.1) is 0 Å². The van der Waals surface area contributed by atoms with Crippen molar-refractivity contribution in [3.63, 3.8) is 0 Å². The van der Waals surface area contributed by atoms with E-state index in [0.29, 0.717) is 18.1 Å². The summed E-state index contributed by atoms with van der Waals surface area (Å²) in [7, 11) is 0. The summed E-state index contributed by atoms with van der Waals surface area (Å²) in [6.07, 6.45) is 0.682. The van der Waals surface area contributed by atoms with E-state index >= 15 is 0 Å². The van der Waals surface area contributed by atoms with Gasteiger partial charge in [0.2, 0.25) is 5.16 Å². The van der Waals surface area contributed by atoms with Crippen molar-refractivity contribution in [2.24, 2.45) is 0 Å². The van der Waals surface area contributed by atoms with Gasteiger partial charge >= 0.3 is 5.97 Å². The van der Waals surface area contributed by atoms with Gasteiger partial charge in [-0.1, -0.05) is 17.8 Å². The average Bonchev–Trinajstić information content (AvgIpc) is 3.06. The van der Waals surface area contributed by atoms with Crippen LogP contribution in [-0.2, 0) is 16.1 Å². The predicted molar refractivity (Wildman–Crippen MR) is 71.1 cm³/mol. The number of ether oxygens (including phenoxy) is 1. The van der Waals surface area contributed by atoms with Gasteiger partial charge in [-0.25, -0.2) is 4.68 Å². The lowest BCUT2D eigenvalue weighted by atomic mass is 10.3. The minimum Gasteiger partial charge on any atom is -0.462 e. The third-order valence-electron chi connectivity index (χ3n) is 2.76. The molecular weight excluding hydrogens is 284 g/mol. The van der Waals surface area contributed by atoms with Gasteiger partial charge in [-0.05, 0) is 28.8 Å². The molecule has 2 atom stereocenters. The van der Waals surface area contributed by atoms with Gasteiger partial charge in [-0.15, -0.1) is 16.4 Å². The van der Waals surface area contributed by atoms with Gasteiger partial charge in [0.05, 0.1) is 6.54 Å². The van der Waals surface area contributed by atoms with Gasteiger partial charge in [0, 0.05) is 11.3 Å². The number of tetrazole rings is 1. The highest BCUT2D eigenvalue weighted by Crippen LogP contribution is 2.30. The summed E-state index contributed by atoms with van der Waals surface area (Å²) in [6, 6.07) is 4.03. The number of hydrogen-bond donors (Lipinski definition) is 0. The minimum atomic E-state index is -0.205. The highest BCUT2D eigenvalue weighted by atomic mass is 32.2. The molecule has 0 amide bonds. The molecule has 8 heteroatoms. The van der Waals surface area contributed by atoms with Gasteiger partial charge in [-0.2, -0.15) is 0 Å². The fourth-order valence-corrected chi connectivity index (χ4v) is 3.64. The van der Waals surface area contributed by atoms with Gasteiger partial charge in [0.1, 0.15) is 11.4 Å². The third-order valence-corrected chi connectivity index (χ3v) is 4.79. The largest absolute Gasteiger partial charge is 0.462 e. The average molecular weight is 296 g/mol. The van der Waals surface area contributed by atoms with Crippen molar-refractivity contribution < 1.29 is 9.53 Å². The molecule has 19 heavy (non-hydrogen) atoms. The zero-order chi connectivity index (χ0) is 13.2. The summed E-state index contributed by atoms with van der Waals surface area (Å²) in [6.45, 7) is 2.53. The van der Waals surface area contributed by atoms with E-state index in [-0.39, 0.29) is 17.3 Å². The van der Waals surface area contributed by atoms with Crippen LogP contribution in [-0.4, -0.2) is 37.5 Å². The molecule has 1 saturated heterocycles. The maximum atomic E-state index is 11.6. The topological polar surface area (TPSA) is 69.9 Å². The van der Waals surface area contributed by atoms with Crippen molar-refractivity contribution >= 4 is 29.1 Å². The lowest BCUT2D eigenvalue weighted by Gasteiger charge is -2.05. The van der Waals surface area contributed by atoms with E-state index in [4.69, 9.17) is 4.74 Å². The van der Waals surface area contributed by atoms with Crippen molar-refractivity contribution in [3.05, 3.63) is 22.4 Å². The number of thioether (sulfide) groups is 1. The summed E-state index contributed by atoms with van der Waals surface area (Å²) in [5.41, 5.74) is 0. The van der Waals surface area contributed by atoms with Crippen molar-refractivity contribution in [1.29, 1.82) is 0 Å². The van der Waals surface area contributed by atoms with Crippen LogP contribution in [0.15, 0.2) is 22.7 Å². The van der Waals surface area contributed by atoms with Crippen molar-refractivity contribution in [2.75, 3.05) is 0 Å². The molecule has 2 aromatic rings. The summed E-state index contributed by atoms with van der Waals surface area (Å²) < 4.78 is 6.85. The molecule has 1 aliphatic rings. The monoisotopic (exact) mass is 296 g/mol. The molecule has 0 spiro atoms. The molecule has 0 saturated carbocycles. The highest BCUT2D eigenvalue weighted by Gasteiger charge is 2.34. The van der Waals surface area contributed by atoms with E-state index in [1.807, 2.05) is 24.4 Å². The fourth-order valence-electron chi connectivity index (χ4n) is 1.87. The second-order valence-corrected chi connectivity index (χ2v) is 6.49. The zero-order valence-corrected chi connectivity index (χ0v) is 11.9. The lowest BCUT2D eigenvalue weighted by Crippen LogP contribution is -2.12. The van der Waals surface area contributed by atoms with E-state index in [9.17, 15) is 4.79 Å². The molecule has 1 aliphatic heterocycles. The Kier molecular flexibility index (Phi) is 3.52. The highest BCUT2D eigenvalue weighted by molar-refractivity contribution is 8.00. The Morgan fingerprint density at radius 2 is 2.53 bits per heavy atom. The molecule has 0 N–H and O–H groups in total. The number of rotatable bonds is 4. The Balaban J connectivity index is 1.72. The van der Waals surface area contributed by atoms with Crippen LogP contribution in [0.25, 0.3) is 0 Å². The number of carbonyl (C=O) groups excluding carboxylic acids is 1. The molecule has 1 fully saturated rings. The molecule has 100 valence electrons. The molecule has 6 nitrogen and oxygen atoms in total. The fraction of sp³-hybridized carbons (Fsp3) is 0.455. The second-order valence-electron chi connectivity index (χ2n) is 4.29. The predicted octanol–water partition coefficient (Wildman–Crippen LogP) is 1.58. The van der Waals surface area contributed by atoms with E-state index in [1.165, 1.54) is 16.6 Å². The van der Waals surface area contributed by atoms with E-state index in [2.05, 4.69) is 15.5 Å². The van der Waals surface area contributed by atoms with Crippen molar-refractivity contribution in [1.82, 2.24) is 20.2 Å². The number of aromatic nitrogens is 4. The first-order valence-electron chi connectivity index (χ1n) is 5.88. The Labute approximate surface area is 118 Å². The quantitative estimate of drug-likeness (QED) is 0.798. The van der Waals surface area contributed by atoms with E-state index in [0.717, 1.165) is 0 Å². The Hall–Kier alpha value is -1.41. The first-order chi connectivity index (χ1) is 9.22. The van der Waals surface area contributed by atoms with Gasteiger partial charge in [0.25, 0.3) is 0 Å². The molecule has 0 unspecified atom stereocenters. The summed E-state index contributed by atoms with van der Waals surface area (Å²) >= 11 is 3.03. The molecular formula is C11H12N4O2S2. The standard InChI is InChI=1S/C11H12N4O2S2/c1-7-5-9(10(16)17-7)19-11-12-13-14-15(11)6-8-3-2-4-18-8/h2-4,7,9H,5-6H2,1H3/t7-,9-/m0/s1. The van der Waals surface area contributed by atoms with E-state index in [1.54, 1.807) is 16.0 Å². The molecule has 3 heterocycles. The molecule has 0 aliphatic carbocycles. The third kappa shape index (κ3) is 2.79. The first-order valence-corrected chi connectivity index (χ1v) is 7.64. The van der Waals surface area contributed by atoms with Crippen molar-refractivity contribution in [2.45, 2.75) is 36.4 Å². The first kappa shape index (κ1) is 12.6. The zero-order valence-electron chi connectivity index (χ0n) is 10.2. The van der Waals surface area contributed by atoms with Gasteiger partial charge in [-0.3, -0.25) is 4.79 Å². The number of nitrogens with zero attached hydrogens (tertiary/aromatic N) is 4. The summed E-state index contributed by atoms with van der Waals surface area (Å²) in [5.74, 6) is -0.178. The van der Waals surface area contributed by atoms with Crippen molar-refractivity contribution in [3.8, 4) is 0 Å². The molecule has 2 aromatic heterocycles. The minimum absolute atomic E-state index is 0.0216. The number of cyclic esters (lactones) is 1. The van der Waals surface area contributed by atoms with Crippen LogP contribution in [0.1, 0.15) is 18.2 Å². The number of carbonyl (C=O) groups is 1. The van der Waals surface area contributed by atoms with Crippen LogP contribution in [0.4, 0.5) is 0 Å². The van der Waals surface area contributed by atoms with E-state index < -0.39 is 0 Å². The van der Waals surface area contributed by atoms with Gasteiger partial charge < -0.3 is 4.74 Å². The normalized spacial score (nSPS) is 22.7. The van der Waals surface area contributed by atoms with Crippen LogP contribution in [0.2, 0.25) is 0 Å². The molecule has 3 rings (SSSR count). The molecule has 0 aromatic carbocycles. The maximum Gasteiger partial charge on any atom is 0.319 e. The van der Waals surface area contributed by atoms with Crippen LogP contribution in [0.3, 0.4) is 0 Å². The molecule has 0 radical (unpaired) electrons. The SMILES string of the molecule is C[C@H]1C[C@H](Sc2nnnn2Cc2cccs2)C(=O)O1.